The molecule has 0 spiro atoms. The zero-order chi connectivity index (χ0) is 13.1. The van der Waals surface area contributed by atoms with Crippen LogP contribution in [-0.2, 0) is 9.59 Å². The van der Waals surface area contributed by atoms with E-state index in [4.69, 9.17) is 0 Å². The third-order valence-corrected chi connectivity index (χ3v) is 2.47. The number of hydrogen-bond donors (Lipinski definition) is 3. The van der Waals surface area contributed by atoms with Gasteiger partial charge in [-0.3, -0.25) is 9.59 Å². The van der Waals surface area contributed by atoms with E-state index in [1.165, 1.54) is 0 Å². The lowest BCUT2D eigenvalue weighted by atomic mass is 10.0. The van der Waals surface area contributed by atoms with E-state index in [0.29, 0.717) is 5.57 Å². The van der Waals surface area contributed by atoms with E-state index in [-0.39, 0.29) is 23.9 Å². The molecule has 96 valence electrons. The zero-order valence-electron chi connectivity index (χ0n) is 10.9. The molecule has 0 radical (unpaired) electrons. The Balaban J connectivity index is 2.36. The van der Waals surface area contributed by atoms with Crippen LogP contribution in [0, 0.1) is 0 Å². The Morgan fingerprint density at radius 2 is 1.88 bits per heavy atom. The van der Waals surface area contributed by atoms with Crippen molar-refractivity contribution in [2.75, 3.05) is 19.6 Å². The SMILES string of the molecule is CC(C(=O)NCC(=O)NC(C)(C)C)=C1CNC1. The van der Waals surface area contributed by atoms with Crippen molar-refractivity contribution >= 4 is 11.8 Å². The van der Waals surface area contributed by atoms with Gasteiger partial charge in [0.25, 0.3) is 0 Å². The van der Waals surface area contributed by atoms with Gasteiger partial charge in [-0.2, -0.15) is 0 Å². The van der Waals surface area contributed by atoms with Crippen molar-refractivity contribution in [3.8, 4) is 0 Å². The first-order valence-corrected chi connectivity index (χ1v) is 5.78. The summed E-state index contributed by atoms with van der Waals surface area (Å²) in [7, 11) is 0. The van der Waals surface area contributed by atoms with Crippen LogP contribution < -0.4 is 16.0 Å². The zero-order valence-corrected chi connectivity index (χ0v) is 10.9. The highest BCUT2D eigenvalue weighted by Gasteiger charge is 2.17. The predicted molar refractivity (Wildman–Crippen MR) is 66.5 cm³/mol. The Labute approximate surface area is 102 Å². The molecule has 1 fully saturated rings. The fraction of sp³-hybridized carbons (Fsp3) is 0.667. The minimum Gasteiger partial charge on any atom is -0.350 e. The molecule has 0 saturated carbocycles. The lowest BCUT2D eigenvalue weighted by molar-refractivity contribution is -0.125. The molecule has 0 aromatic rings. The molecule has 0 aromatic carbocycles. The van der Waals surface area contributed by atoms with Crippen molar-refractivity contribution in [1.29, 1.82) is 0 Å². The van der Waals surface area contributed by atoms with Crippen molar-refractivity contribution < 1.29 is 9.59 Å². The average molecular weight is 239 g/mol. The van der Waals surface area contributed by atoms with Gasteiger partial charge in [-0.25, -0.2) is 0 Å². The molecular weight excluding hydrogens is 218 g/mol. The molecule has 5 nitrogen and oxygen atoms in total. The van der Waals surface area contributed by atoms with Gasteiger partial charge in [-0.15, -0.1) is 0 Å². The van der Waals surface area contributed by atoms with Crippen LogP contribution in [0.3, 0.4) is 0 Å². The van der Waals surface area contributed by atoms with Gasteiger partial charge in [-0.1, -0.05) is 0 Å². The molecular formula is C12H21N3O2. The van der Waals surface area contributed by atoms with Gasteiger partial charge in [0.2, 0.25) is 11.8 Å². The van der Waals surface area contributed by atoms with Gasteiger partial charge in [0.15, 0.2) is 0 Å². The van der Waals surface area contributed by atoms with E-state index in [2.05, 4.69) is 16.0 Å². The van der Waals surface area contributed by atoms with Crippen molar-refractivity contribution in [2.45, 2.75) is 33.2 Å². The smallest absolute Gasteiger partial charge is 0.247 e. The second-order valence-electron chi connectivity index (χ2n) is 5.31. The molecule has 5 heteroatoms. The van der Waals surface area contributed by atoms with Crippen molar-refractivity contribution in [3.63, 3.8) is 0 Å². The van der Waals surface area contributed by atoms with E-state index >= 15 is 0 Å². The third-order valence-electron chi connectivity index (χ3n) is 2.47. The topological polar surface area (TPSA) is 70.2 Å². The standard InChI is InChI=1S/C12H21N3O2/c1-8(9-5-13-6-9)11(17)14-7-10(16)15-12(2,3)4/h13H,5-7H2,1-4H3,(H,14,17)(H,15,16). The van der Waals surface area contributed by atoms with Gasteiger partial charge in [0, 0.05) is 24.2 Å². The van der Waals surface area contributed by atoms with Crippen LogP contribution >= 0.6 is 0 Å². The van der Waals surface area contributed by atoms with E-state index in [9.17, 15) is 9.59 Å². The summed E-state index contributed by atoms with van der Waals surface area (Å²) in [5, 5.41) is 8.48. The molecule has 0 unspecified atom stereocenters. The van der Waals surface area contributed by atoms with Gasteiger partial charge < -0.3 is 16.0 Å². The Morgan fingerprint density at radius 1 is 1.29 bits per heavy atom. The minimum absolute atomic E-state index is 0.0220. The fourth-order valence-electron chi connectivity index (χ4n) is 1.43. The Bertz CT molecular complexity index is 347. The molecule has 1 heterocycles. The van der Waals surface area contributed by atoms with Crippen LogP contribution in [0.4, 0.5) is 0 Å². The number of carbonyl (C=O) groups excluding carboxylic acids is 2. The highest BCUT2D eigenvalue weighted by molar-refractivity contribution is 5.96. The van der Waals surface area contributed by atoms with Crippen LogP contribution in [0.15, 0.2) is 11.1 Å². The maximum absolute atomic E-state index is 11.7. The molecule has 1 aliphatic heterocycles. The molecule has 0 aliphatic carbocycles. The first-order valence-electron chi connectivity index (χ1n) is 5.78. The lowest BCUT2D eigenvalue weighted by Gasteiger charge is -2.22. The highest BCUT2D eigenvalue weighted by atomic mass is 16.2. The Morgan fingerprint density at radius 3 is 2.29 bits per heavy atom. The van der Waals surface area contributed by atoms with Crippen LogP contribution in [0.1, 0.15) is 27.7 Å². The molecule has 3 N–H and O–H groups in total. The first-order chi connectivity index (χ1) is 7.79. The van der Waals surface area contributed by atoms with Gasteiger partial charge in [0.1, 0.15) is 0 Å². The second-order valence-corrected chi connectivity index (χ2v) is 5.31. The van der Waals surface area contributed by atoms with E-state index < -0.39 is 0 Å². The van der Waals surface area contributed by atoms with Crippen LogP contribution in [0.5, 0.6) is 0 Å². The summed E-state index contributed by atoms with van der Waals surface area (Å²) in [4.78, 5) is 23.2. The summed E-state index contributed by atoms with van der Waals surface area (Å²) in [6.45, 7) is 9.06. The van der Waals surface area contributed by atoms with E-state index in [1.54, 1.807) is 6.92 Å². The molecule has 0 aromatic heterocycles. The summed E-state index contributed by atoms with van der Waals surface area (Å²) in [5.41, 5.74) is 1.55. The summed E-state index contributed by atoms with van der Waals surface area (Å²) in [5.74, 6) is -0.332. The van der Waals surface area contributed by atoms with Gasteiger partial charge in [0.05, 0.1) is 6.54 Å². The molecule has 0 bridgehead atoms. The van der Waals surface area contributed by atoms with E-state index in [1.807, 2.05) is 20.8 Å². The van der Waals surface area contributed by atoms with Crippen molar-refractivity contribution in [1.82, 2.24) is 16.0 Å². The first kappa shape index (κ1) is 13.7. The average Bonchev–Trinajstić information content (AvgIpc) is 2.08. The predicted octanol–water partition coefficient (Wildman–Crippen LogP) is -0.0630. The second kappa shape index (κ2) is 5.31. The van der Waals surface area contributed by atoms with Gasteiger partial charge in [-0.05, 0) is 33.3 Å². The number of hydrogen-bond acceptors (Lipinski definition) is 3. The molecule has 2 amide bonds. The monoisotopic (exact) mass is 239 g/mol. The maximum atomic E-state index is 11.7. The quantitative estimate of drug-likeness (QED) is 0.604. The Hall–Kier alpha value is -1.36. The summed E-state index contributed by atoms with van der Waals surface area (Å²) >= 11 is 0. The molecule has 1 saturated heterocycles. The summed E-state index contributed by atoms with van der Waals surface area (Å²) in [6, 6.07) is 0. The normalized spacial score (nSPS) is 14.9. The lowest BCUT2D eigenvalue weighted by Crippen LogP contribution is -2.46. The van der Waals surface area contributed by atoms with E-state index in [0.717, 1.165) is 18.7 Å². The van der Waals surface area contributed by atoms with Crippen molar-refractivity contribution in [2.24, 2.45) is 0 Å². The Kier molecular flexibility index (Phi) is 4.28. The largest absolute Gasteiger partial charge is 0.350 e. The van der Waals surface area contributed by atoms with Crippen molar-refractivity contribution in [3.05, 3.63) is 11.1 Å². The molecule has 17 heavy (non-hydrogen) atoms. The third kappa shape index (κ3) is 4.56. The summed E-state index contributed by atoms with van der Waals surface area (Å²) < 4.78 is 0. The molecule has 0 atom stereocenters. The maximum Gasteiger partial charge on any atom is 0.247 e. The summed E-state index contributed by atoms with van der Waals surface area (Å²) in [6.07, 6.45) is 0. The van der Waals surface area contributed by atoms with Crippen LogP contribution in [0.25, 0.3) is 0 Å². The molecule has 1 aliphatic rings. The number of amides is 2. The minimum atomic E-state index is -0.271. The number of nitrogens with one attached hydrogen (secondary N) is 3. The number of carbonyl (C=O) groups is 2. The fourth-order valence-corrected chi connectivity index (χ4v) is 1.43. The van der Waals surface area contributed by atoms with Crippen LogP contribution in [-0.4, -0.2) is 37.0 Å². The number of rotatable bonds is 3. The highest BCUT2D eigenvalue weighted by Crippen LogP contribution is 2.08. The molecule has 1 rings (SSSR count). The van der Waals surface area contributed by atoms with Crippen LogP contribution in [0.2, 0.25) is 0 Å². The van der Waals surface area contributed by atoms with Gasteiger partial charge >= 0.3 is 0 Å².